The van der Waals surface area contributed by atoms with E-state index in [1.807, 2.05) is 41.8 Å². The first-order valence-corrected chi connectivity index (χ1v) is 10.8. The molecule has 26 heavy (non-hydrogen) atoms. The summed E-state index contributed by atoms with van der Waals surface area (Å²) in [5.74, 6) is 0.389. The summed E-state index contributed by atoms with van der Waals surface area (Å²) in [4.78, 5) is 18.2. The lowest BCUT2D eigenvalue weighted by molar-refractivity contribution is -0.113. The van der Waals surface area contributed by atoms with Crippen LogP contribution in [-0.2, 0) is 4.79 Å². The number of nitrogens with zero attached hydrogens (tertiary/aromatic N) is 1. The number of aryl methyl sites for hydroxylation is 1. The summed E-state index contributed by atoms with van der Waals surface area (Å²) in [6.07, 6.45) is 0. The molecule has 0 saturated heterocycles. The normalized spacial score (nSPS) is 11.0. The molecule has 2 aromatic carbocycles. The predicted octanol–water partition coefficient (Wildman–Crippen LogP) is 6.06. The Hall–Kier alpha value is -2.15. The van der Waals surface area contributed by atoms with E-state index < -0.39 is 0 Å². The van der Waals surface area contributed by atoms with E-state index in [0.717, 1.165) is 30.7 Å². The maximum absolute atomic E-state index is 12.4. The molecule has 0 aliphatic rings. The molecule has 0 unspecified atom stereocenters. The maximum Gasteiger partial charge on any atom is 0.235 e. The van der Waals surface area contributed by atoms with Crippen molar-refractivity contribution in [2.24, 2.45) is 0 Å². The van der Waals surface area contributed by atoms with Gasteiger partial charge in [-0.1, -0.05) is 29.8 Å². The van der Waals surface area contributed by atoms with Crippen LogP contribution in [0.1, 0.15) is 5.56 Å². The minimum absolute atomic E-state index is 0.000358. The Morgan fingerprint density at radius 3 is 2.73 bits per heavy atom. The van der Waals surface area contributed by atoms with Crippen LogP contribution in [0, 0.1) is 6.92 Å². The molecule has 0 spiro atoms. The summed E-state index contributed by atoms with van der Waals surface area (Å²) in [6.45, 7) is 2.06. The number of thioether (sulfide) groups is 1. The third kappa shape index (κ3) is 3.82. The van der Waals surface area contributed by atoms with Crippen LogP contribution in [0.4, 0.5) is 5.00 Å². The van der Waals surface area contributed by atoms with E-state index in [0.29, 0.717) is 5.75 Å². The Bertz CT molecular complexity index is 1020. The molecule has 4 rings (SSSR count). The predicted molar refractivity (Wildman–Crippen MR) is 113 cm³/mol. The first-order valence-electron chi connectivity index (χ1n) is 8.12. The van der Waals surface area contributed by atoms with Crippen LogP contribution >= 0.6 is 34.4 Å². The van der Waals surface area contributed by atoms with Gasteiger partial charge in [-0.3, -0.25) is 4.79 Å². The highest BCUT2D eigenvalue weighted by molar-refractivity contribution is 8.00. The number of amides is 1. The van der Waals surface area contributed by atoms with Crippen LogP contribution in [0.5, 0.6) is 0 Å². The Labute approximate surface area is 164 Å². The molecule has 2 heterocycles. The van der Waals surface area contributed by atoms with Crippen molar-refractivity contribution >= 4 is 55.6 Å². The molecule has 0 bridgehead atoms. The summed E-state index contributed by atoms with van der Waals surface area (Å²) < 4.78 is 1.15. The second-order valence-corrected chi connectivity index (χ2v) is 8.80. The molecule has 1 amide bonds. The topological polar surface area (TPSA) is 42.0 Å². The van der Waals surface area contributed by atoms with Gasteiger partial charge in [0.05, 0.1) is 16.0 Å². The monoisotopic (exact) mass is 396 g/mol. The van der Waals surface area contributed by atoms with Crippen LogP contribution in [-0.4, -0.2) is 16.6 Å². The van der Waals surface area contributed by atoms with Crippen LogP contribution in [0.2, 0.25) is 0 Å². The number of nitrogens with one attached hydrogen (secondary N) is 1. The van der Waals surface area contributed by atoms with E-state index >= 15 is 0 Å². The van der Waals surface area contributed by atoms with Crippen molar-refractivity contribution in [1.82, 2.24) is 4.98 Å². The highest BCUT2D eigenvalue weighted by atomic mass is 32.2. The summed E-state index contributed by atoms with van der Waals surface area (Å²) in [7, 11) is 0. The van der Waals surface area contributed by atoms with E-state index in [4.69, 9.17) is 4.98 Å². The minimum Gasteiger partial charge on any atom is -0.316 e. The fraction of sp³-hybridized carbons (Fsp3) is 0.100. The van der Waals surface area contributed by atoms with E-state index in [1.165, 1.54) is 16.9 Å². The zero-order valence-corrected chi connectivity index (χ0v) is 16.5. The number of thiophene rings is 1. The summed E-state index contributed by atoms with van der Waals surface area (Å²) >= 11 is 4.72. The van der Waals surface area contributed by atoms with Crippen molar-refractivity contribution in [2.75, 3.05) is 11.1 Å². The Balaban J connectivity index is 1.46. The van der Waals surface area contributed by atoms with Crippen molar-refractivity contribution in [3.63, 3.8) is 0 Å². The number of hydrogen-bond donors (Lipinski definition) is 1. The van der Waals surface area contributed by atoms with Gasteiger partial charge >= 0.3 is 0 Å². The molecule has 0 fully saturated rings. The second kappa shape index (κ2) is 7.61. The van der Waals surface area contributed by atoms with Gasteiger partial charge in [0.1, 0.15) is 10.0 Å². The van der Waals surface area contributed by atoms with Crippen molar-refractivity contribution < 1.29 is 4.79 Å². The molecular weight excluding hydrogens is 380 g/mol. The Kier molecular flexibility index (Phi) is 5.06. The van der Waals surface area contributed by atoms with Crippen LogP contribution in [0.3, 0.4) is 0 Å². The van der Waals surface area contributed by atoms with Gasteiger partial charge in [-0.15, -0.1) is 34.4 Å². The van der Waals surface area contributed by atoms with E-state index in [-0.39, 0.29) is 5.91 Å². The SMILES string of the molecule is Cc1ccc(SCC(=O)Nc2sccc2-c2nc3ccccc3s2)cc1. The zero-order chi connectivity index (χ0) is 17.9. The van der Waals surface area contributed by atoms with Gasteiger partial charge in [0.15, 0.2) is 0 Å². The average Bonchev–Trinajstić information content (AvgIpc) is 3.27. The average molecular weight is 397 g/mol. The lowest BCUT2D eigenvalue weighted by Gasteiger charge is -2.05. The van der Waals surface area contributed by atoms with Gasteiger partial charge in [-0.05, 0) is 42.6 Å². The maximum atomic E-state index is 12.4. The van der Waals surface area contributed by atoms with Gasteiger partial charge in [0.2, 0.25) is 5.91 Å². The van der Waals surface area contributed by atoms with Crippen molar-refractivity contribution in [3.8, 4) is 10.6 Å². The molecular formula is C20H16N2OS3. The third-order valence-corrected chi connectivity index (χ3v) is 6.74. The number of fused-ring (bicyclic) bond motifs is 1. The van der Waals surface area contributed by atoms with Crippen LogP contribution in [0.15, 0.2) is 64.9 Å². The summed E-state index contributed by atoms with van der Waals surface area (Å²) in [5.41, 5.74) is 3.20. The number of benzene rings is 2. The first kappa shape index (κ1) is 17.3. The largest absolute Gasteiger partial charge is 0.316 e. The Morgan fingerprint density at radius 1 is 1.12 bits per heavy atom. The van der Waals surface area contributed by atoms with Gasteiger partial charge in [-0.2, -0.15) is 0 Å². The van der Waals surface area contributed by atoms with Crippen LogP contribution in [0.25, 0.3) is 20.8 Å². The number of carbonyl (C=O) groups excluding carboxylic acids is 1. The quantitative estimate of drug-likeness (QED) is 0.417. The van der Waals surface area contributed by atoms with E-state index in [2.05, 4.69) is 30.4 Å². The molecule has 1 N–H and O–H groups in total. The fourth-order valence-electron chi connectivity index (χ4n) is 2.51. The van der Waals surface area contributed by atoms with Crippen molar-refractivity contribution in [2.45, 2.75) is 11.8 Å². The van der Waals surface area contributed by atoms with Gasteiger partial charge < -0.3 is 5.32 Å². The smallest absolute Gasteiger partial charge is 0.235 e. The molecule has 2 aromatic heterocycles. The second-order valence-electron chi connectivity index (χ2n) is 5.80. The molecule has 0 radical (unpaired) electrons. The zero-order valence-electron chi connectivity index (χ0n) is 14.1. The summed E-state index contributed by atoms with van der Waals surface area (Å²) in [6, 6.07) is 18.3. The first-order chi connectivity index (χ1) is 12.7. The molecule has 3 nitrogen and oxygen atoms in total. The number of para-hydroxylation sites is 1. The molecule has 0 aliphatic carbocycles. The molecule has 6 heteroatoms. The number of thiazole rings is 1. The number of hydrogen-bond acceptors (Lipinski definition) is 5. The summed E-state index contributed by atoms with van der Waals surface area (Å²) in [5, 5.41) is 6.83. The lowest BCUT2D eigenvalue weighted by atomic mass is 10.2. The standard InChI is InChI=1S/C20H16N2OS3/c1-13-6-8-14(9-7-13)25-12-18(23)22-19-15(10-11-24-19)20-21-16-4-2-3-5-17(16)26-20/h2-11H,12H2,1H3,(H,22,23). The van der Waals surface area contributed by atoms with Gasteiger partial charge in [0.25, 0.3) is 0 Å². The van der Waals surface area contributed by atoms with Crippen LogP contribution < -0.4 is 5.32 Å². The minimum atomic E-state index is 0.000358. The highest BCUT2D eigenvalue weighted by Gasteiger charge is 2.14. The number of anilines is 1. The fourth-order valence-corrected chi connectivity index (χ4v) is 5.07. The molecule has 4 aromatic rings. The third-order valence-electron chi connectivity index (χ3n) is 3.83. The molecule has 130 valence electrons. The molecule has 0 saturated carbocycles. The highest BCUT2D eigenvalue weighted by Crippen LogP contribution is 2.37. The molecule has 0 aliphatic heterocycles. The number of carbonyl (C=O) groups is 1. The van der Waals surface area contributed by atoms with E-state index in [1.54, 1.807) is 23.1 Å². The van der Waals surface area contributed by atoms with Gasteiger partial charge in [-0.25, -0.2) is 4.98 Å². The Morgan fingerprint density at radius 2 is 1.92 bits per heavy atom. The van der Waals surface area contributed by atoms with Gasteiger partial charge in [0, 0.05) is 10.5 Å². The van der Waals surface area contributed by atoms with Crippen molar-refractivity contribution in [1.29, 1.82) is 0 Å². The van der Waals surface area contributed by atoms with E-state index in [9.17, 15) is 4.79 Å². The lowest BCUT2D eigenvalue weighted by Crippen LogP contribution is -2.13. The van der Waals surface area contributed by atoms with Crippen molar-refractivity contribution in [3.05, 3.63) is 65.5 Å². The number of aromatic nitrogens is 1. The number of rotatable bonds is 5. The molecule has 0 atom stereocenters.